The van der Waals surface area contributed by atoms with Gasteiger partial charge < -0.3 is 15.3 Å². The van der Waals surface area contributed by atoms with Crippen LogP contribution in [0.3, 0.4) is 0 Å². The highest BCUT2D eigenvalue weighted by atomic mass is 16.3. The minimum Gasteiger partial charge on any atom is -0.505 e. The molecule has 0 radical (unpaired) electrons. The van der Waals surface area contributed by atoms with Crippen molar-refractivity contribution < 1.29 is 9.90 Å². The highest BCUT2D eigenvalue weighted by Gasteiger charge is 2.18. The van der Waals surface area contributed by atoms with Crippen molar-refractivity contribution >= 4 is 5.91 Å². The van der Waals surface area contributed by atoms with Crippen molar-refractivity contribution in [2.45, 2.75) is 25.8 Å². The van der Waals surface area contributed by atoms with Crippen molar-refractivity contribution in [1.29, 1.82) is 0 Å². The average Bonchev–Trinajstić information content (AvgIpc) is 2.82. The Morgan fingerprint density at radius 2 is 2.28 bits per heavy atom. The number of nitrogens with zero attached hydrogens (tertiary/aromatic N) is 2. The normalized spacial score (nSPS) is 17.6. The third kappa shape index (κ3) is 3.20. The van der Waals surface area contributed by atoms with Crippen LogP contribution < -0.4 is 5.32 Å². The second-order valence-corrected chi connectivity index (χ2v) is 4.75. The van der Waals surface area contributed by atoms with Crippen molar-refractivity contribution in [3.8, 4) is 5.75 Å². The van der Waals surface area contributed by atoms with Gasteiger partial charge in [-0.2, -0.15) is 0 Å². The molecule has 1 aromatic heterocycles. The van der Waals surface area contributed by atoms with Crippen LogP contribution in [0.4, 0.5) is 0 Å². The molecule has 2 heterocycles. The second kappa shape index (κ2) is 5.82. The van der Waals surface area contributed by atoms with Gasteiger partial charge in [0.1, 0.15) is 5.75 Å². The van der Waals surface area contributed by atoms with Crippen LogP contribution in [-0.2, 0) is 0 Å². The first-order chi connectivity index (χ1) is 8.66. The lowest BCUT2D eigenvalue weighted by Crippen LogP contribution is -2.41. The maximum absolute atomic E-state index is 11.9. The van der Waals surface area contributed by atoms with Gasteiger partial charge >= 0.3 is 0 Å². The Kier molecular flexibility index (Phi) is 4.15. The summed E-state index contributed by atoms with van der Waals surface area (Å²) in [4.78, 5) is 18.1. The van der Waals surface area contributed by atoms with Gasteiger partial charge in [-0.25, -0.2) is 4.98 Å². The fourth-order valence-electron chi connectivity index (χ4n) is 2.26. The quantitative estimate of drug-likeness (QED) is 0.835. The van der Waals surface area contributed by atoms with Crippen molar-refractivity contribution in [1.82, 2.24) is 15.2 Å². The van der Waals surface area contributed by atoms with Crippen LogP contribution in [0.5, 0.6) is 5.75 Å². The smallest absolute Gasteiger partial charge is 0.273 e. The number of aromatic hydroxyl groups is 1. The highest BCUT2D eigenvalue weighted by Crippen LogP contribution is 2.12. The zero-order valence-corrected chi connectivity index (χ0v) is 10.6. The number of carbonyl (C=O) groups is 1. The summed E-state index contributed by atoms with van der Waals surface area (Å²) < 4.78 is 0. The summed E-state index contributed by atoms with van der Waals surface area (Å²) >= 11 is 0. The van der Waals surface area contributed by atoms with Crippen LogP contribution >= 0.6 is 0 Å². The molecule has 0 aliphatic carbocycles. The first-order valence-electron chi connectivity index (χ1n) is 6.34. The summed E-state index contributed by atoms with van der Waals surface area (Å²) in [6.45, 7) is 5.03. The molecule has 1 amide bonds. The van der Waals surface area contributed by atoms with Crippen molar-refractivity contribution in [3.63, 3.8) is 0 Å². The molecule has 98 valence electrons. The van der Waals surface area contributed by atoms with E-state index in [1.54, 1.807) is 6.07 Å². The van der Waals surface area contributed by atoms with E-state index in [1.807, 2.05) is 6.92 Å². The van der Waals surface area contributed by atoms with Crippen molar-refractivity contribution in [2.75, 3.05) is 19.6 Å². The molecule has 1 fully saturated rings. The summed E-state index contributed by atoms with van der Waals surface area (Å²) in [6.07, 6.45) is 3.98. The van der Waals surface area contributed by atoms with Gasteiger partial charge in [-0.3, -0.25) is 4.79 Å². The maximum atomic E-state index is 11.9. The van der Waals surface area contributed by atoms with Gasteiger partial charge in [0.15, 0.2) is 5.69 Å². The molecule has 1 aliphatic heterocycles. The van der Waals surface area contributed by atoms with Crippen LogP contribution in [0.25, 0.3) is 0 Å². The number of hydrogen-bond donors (Lipinski definition) is 2. The molecule has 1 saturated heterocycles. The van der Waals surface area contributed by atoms with E-state index in [9.17, 15) is 9.90 Å². The Morgan fingerprint density at radius 3 is 2.94 bits per heavy atom. The Labute approximate surface area is 107 Å². The maximum Gasteiger partial charge on any atom is 0.273 e. The average molecular weight is 249 g/mol. The molecule has 5 nitrogen and oxygen atoms in total. The van der Waals surface area contributed by atoms with Crippen LogP contribution in [0.2, 0.25) is 0 Å². The van der Waals surface area contributed by atoms with E-state index in [0.717, 1.165) is 19.6 Å². The third-order valence-electron chi connectivity index (χ3n) is 3.11. The standard InChI is InChI=1S/C13H19N3O2/c1-10(9-16-7-2-3-8-16)15-13(18)12-11(17)5-4-6-14-12/h4-6,10,17H,2-3,7-9H2,1H3,(H,15,18). The lowest BCUT2D eigenvalue weighted by Gasteiger charge is -2.21. The van der Waals surface area contributed by atoms with Gasteiger partial charge in [-0.15, -0.1) is 0 Å². The second-order valence-electron chi connectivity index (χ2n) is 4.75. The van der Waals surface area contributed by atoms with Crippen molar-refractivity contribution in [2.24, 2.45) is 0 Å². The van der Waals surface area contributed by atoms with Gasteiger partial charge in [0.25, 0.3) is 5.91 Å². The summed E-state index contributed by atoms with van der Waals surface area (Å²) in [6, 6.07) is 3.12. The molecule has 1 unspecified atom stereocenters. The number of pyridine rings is 1. The van der Waals surface area contributed by atoms with Gasteiger partial charge in [-0.05, 0) is 45.0 Å². The SMILES string of the molecule is CC(CN1CCCC1)NC(=O)c1ncccc1O. The zero-order chi connectivity index (χ0) is 13.0. The van der Waals surface area contributed by atoms with E-state index < -0.39 is 0 Å². The zero-order valence-electron chi connectivity index (χ0n) is 10.6. The Morgan fingerprint density at radius 1 is 1.56 bits per heavy atom. The van der Waals surface area contributed by atoms with E-state index in [4.69, 9.17) is 0 Å². The Balaban J connectivity index is 1.88. The summed E-state index contributed by atoms with van der Waals surface area (Å²) in [7, 11) is 0. The van der Waals surface area contributed by atoms with E-state index in [0.29, 0.717) is 0 Å². The minimum atomic E-state index is -0.320. The molecule has 0 aromatic carbocycles. The number of rotatable bonds is 4. The van der Waals surface area contributed by atoms with Crippen molar-refractivity contribution in [3.05, 3.63) is 24.0 Å². The number of likely N-dealkylation sites (tertiary alicyclic amines) is 1. The summed E-state index contributed by atoms with van der Waals surface area (Å²) in [5.41, 5.74) is 0.0887. The first-order valence-corrected chi connectivity index (χ1v) is 6.34. The predicted molar refractivity (Wildman–Crippen MR) is 68.5 cm³/mol. The lowest BCUT2D eigenvalue weighted by molar-refractivity contribution is 0.0924. The minimum absolute atomic E-state index is 0.0528. The first kappa shape index (κ1) is 12.8. The largest absolute Gasteiger partial charge is 0.505 e. The van der Waals surface area contributed by atoms with Gasteiger partial charge in [0.2, 0.25) is 0 Å². The molecule has 5 heteroatoms. The molecule has 0 spiro atoms. The molecule has 1 aliphatic rings. The van der Waals surface area contributed by atoms with Gasteiger partial charge in [0, 0.05) is 18.8 Å². The predicted octanol–water partition coefficient (Wildman–Crippen LogP) is 1.00. The van der Waals surface area contributed by atoms with Crippen LogP contribution in [0, 0.1) is 0 Å². The number of carbonyl (C=O) groups excluding carboxylic acids is 1. The molecule has 0 saturated carbocycles. The molecular formula is C13H19N3O2. The number of amides is 1. The summed E-state index contributed by atoms with van der Waals surface area (Å²) in [5, 5.41) is 12.4. The van der Waals surface area contributed by atoms with Crippen LogP contribution in [0.1, 0.15) is 30.3 Å². The molecular weight excluding hydrogens is 230 g/mol. The fourth-order valence-corrected chi connectivity index (χ4v) is 2.26. The van der Waals surface area contributed by atoms with Crippen LogP contribution in [0.15, 0.2) is 18.3 Å². The van der Waals surface area contributed by atoms with E-state index in [1.165, 1.54) is 25.1 Å². The summed E-state index contributed by atoms with van der Waals surface area (Å²) in [5.74, 6) is -0.400. The molecule has 1 aromatic rings. The third-order valence-corrected chi connectivity index (χ3v) is 3.11. The van der Waals surface area contributed by atoms with E-state index in [-0.39, 0.29) is 23.4 Å². The topological polar surface area (TPSA) is 65.5 Å². The van der Waals surface area contributed by atoms with Crippen LogP contribution in [-0.4, -0.2) is 46.6 Å². The lowest BCUT2D eigenvalue weighted by atomic mass is 10.2. The molecule has 1 atom stereocenters. The van der Waals surface area contributed by atoms with E-state index in [2.05, 4.69) is 15.2 Å². The fraction of sp³-hybridized carbons (Fsp3) is 0.538. The molecule has 0 bridgehead atoms. The Bertz CT molecular complexity index is 416. The van der Waals surface area contributed by atoms with Gasteiger partial charge in [0.05, 0.1) is 0 Å². The molecule has 18 heavy (non-hydrogen) atoms. The van der Waals surface area contributed by atoms with E-state index >= 15 is 0 Å². The molecule has 2 rings (SSSR count). The number of nitrogens with one attached hydrogen (secondary N) is 1. The number of hydrogen-bond acceptors (Lipinski definition) is 4. The molecule has 2 N–H and O–H groups in total. The Hall–Kier alpha value is -1.62. The highest BCUT2D eigenvalue weighted by molar-refractivity contribution is 5.94. The monoisotopic (exact) mass is 249 g/mol. The number of aromatic nitrogens is 1. The van der Waals surface area contributed by atoms with Gasteiger partial charge in [-0.1, -0.05) is 0 Å².